The van der Waals surface area contributed by atoms with Gasteiger partial charge in [0.15, 0.2) is 0 Å². The summed E-state index contributed by atoms with van der Waals surface area (Å²) in [5, 5.41) is 3.74. The van der Waals surface area contributed by atoms with Gasteiger partial charge in [0, 0.05) is 11.6 Å². The summed E-state index contributed by atoms with van der Waals surface area (Å²) in [6.45, 7) is 0.684. The highest BCUT2D eigenvalue weighted by atomic mass is 35.5. The van der Waals surface area contributed by atoms with Gasteiger partial charge in [-0.15, -0.1) is 0 Å². The first-order chi connectivity index (χ1) is 12.7. The van der Waals surface area contributed by atoms with Crippen molar-refractivity contribution in [2.45, 2.75) is 19.3 Å². The highest BCUT2D eigenvalue weighted by molar-refractivity contribution is 6.30. The fourth-order valence-electron chi connectivity index (χ4n) is 2.86. The van der Waals surface area contributed by atoms with E-state index in [9.17, 15) is 4.79 Å². The van der Waals surface area contributed by atoms with Crippen LogP contribution in [-0.2, 0) is 17.6 Å². The molecule has 0 aliphatic carbocycles. The van der Waals surface area contributed by atoms with Gasteiger partial charge in [-0.2, -0.15) is 0 Å². The molecule has 0 aromatic heterocycles. The van der Waals surface area contributed by atoms with E-state index in [1.165, 1.54) is 11.1 Å². The van der Waals surface area contributed by atoms with Crippen molar-refractivity contribution in [3.63, 3.8) is 0 Å². The van der Waals surface area contributed by atoms with E-state index in [1.54, 1.807) is 0 Å². The van der Waals surface area contributed by atoms with Crippen LogP contribution in [0.5, 0.6) is 0 Å². The van der Waals surface area contributed by atoms with E-state index in [0.717, 1.165) is 29.0 Å². The first kappa shape index (κ1) is 18.2. The van der Waals surface area contributed by atoms with Gasteiger partial charge in [0.2, 0.25) is 5.91 Å². The summed E-state index contributed by atoms with van der Waals surface area (Å²) in [4.78, 5) is 12.1. The lowest BCUT2D eigenvalue weighted by Gasteiger charge is -2.07. The zero-order valence-corrected chi connectivity index (χ0v) is 15.4. The summed E-state index contributed by atoms with van der Waals surface area (Å²) < 4.78 is 0. The molecule has 0 aliphatic rings. The fourth-order valence-corrected chi connectivity index (χ4v) is 2.99. The van der Waals surface area contributed by atoms with Crippen molar-refractivity contribution in [3.05, 3.63) is 95.0 Å². The maximum Gasteiger partial charge on any atom is 0.224 e. The third-order valence-electron chi connectivity index (χ3n) is 4.30. The van der Waals surface area contributed by atoms with Gasteiger partial charge in [-0.1, -0.05) is 78.3 Å². The number of hydrogen-bond donors (Lipinski definition) is 1. The summed E-state index contributed by atoms with van der Waals surface area (Å²) in [6, 6.07) is 26.3. The largest absolute Gasteiger partial charge is 0.356 e. The van der Waals surface area contributed by atoms with Gasteiger partial charge in [0.1, 0.15) is 0 Å². The van der Waals surface area contributed by atoms with Crippen molar-refractivity contribution in [3.8, 4) is 11.1 Å². The van der Waals surface area contributed by atoms with Gasteiger partial charge < -0.3 is 5.32 Å². The second kappa shape index (κ2) is 9.21. The lowest BCUT2D eigenvalue weighted by molar-refractivity contribution is -0.120. The molecular formula is C23H22ClNO. The molecule has 3 heteroatoms. The highest BCUT2D eigenvalue weighted by Gasteiger charge is 2.04. The molecule has 2 nitrogen and oxygen atoms in total. The van der Waals surface area contributed by atoms with E-state index in [2.05, 4.69) is 29.6 Å². The molecule has 0 aliphatic heterocycles. The molecule has 0 heterocycles. The predicted octanol–water partition coefficient (Wildman–Crippen LogP) is 5.30. The monoisotopic (exact) mass is 363 g/mol. The molecule has 0 saturated heterocycles. The van der Waals surface area contributed by atoms with Crippen molar-refractivity contribution in [1.82, 2.24) is 5.32 Å². The zero-order valence-electron chi connectivity index (χ0n) is 14.6. The molecule has 26 heavy (non-hydrogen) atoms. The number of hydrogen-bond acceptors (Lipinski definition) is 1. The van der Waals surface area contributed by atoms with E-state index in [0.29, 0.717) is 13.0 Å². The summed E-state index contributed by atoms with van der Waals surface area (Å²) in [6.07, 6.45) is 2.26. The minimum absolute atomic E-state index is 0.0635. The fraction of sp³-hybridized carbons (Fsp3) is 0.174. The second-order valence-corrected chi connectivity index (χ2v) is 6.76. The van der Waals surface area contributed by atoms with Crippen LogP contribution < -0.4 is 5.32 Å². The molecule has 132 valence electrons. The smallest absolute Gasteiger partial charge is 0.224 e. The average Bonchev–Trinajstić information content (AvgIpc) is 2.68. The maximum atomic E-state index is 12.1. The number of carbonyl (C=O) groups is 1. The van der Waals surface area contributed by atoms with Crippen LogP contribution in [0, 0.1) is 0 Å². The molecule has 0 fully saturated rings. The Bertz CT molecular complexity index is 826. The predicted molar refractivity (Wildman–Crippen MR) is 108 cm³/mol. The molecule has 3 aromatic rings. The van der Waals surface area contributed by atoms with Gasteiger partial charge in [0.25, 0.3) is 0 Å². The third-order valence-corrected chi connectivity index (χ3v) is 4.56. The van der Waals surface area contributed by atoms with Crippen LogP contribution >= 0.6 is 11.6 Å². The lowest BCUT2D eigenvalue weighted by Crippen LogP contribution is -2.26. The quantitative estimate of drug-likeness (QED) is 0.567. The van der Waals surface area contributed by atoms with Crippen LogP contribution in [0.4, 0.5) is 0 Å². The van der Waals surface area contributed by atoms with Crippen LogP contribution in [0.15, 0.2) is 78.9 Å². The van der Waals surface area contributed by atoms with Crippen molar-refractivity contribution < 1.29 is 4.79 Å². The normalized spacial score (nSPS) is 10.5. The number of aryl methyl sites for hydroxylation is 1. The second-order valence-electron chi connectivity index (χ2n) is 6.32. The minimum Gasteiger partial charge on any atom is -0.356 e. The molecule has 3 aromatic carbocycles. The van der Waals surface area contributed by atoms with Crippen molar-refractivity contribution in [2.75, 3.05) is 6.54 Å². The number of rotatable bonds is 7. The number of carbonyl (C=O) groups excluding carboxylic acids is 1. The third kappa shape index (κ3) is 5.47. The molecule has 0 saturated carbocycles. The van der Waals surface area contributed by atoms with Crippen molar-refractivity contribution in [2.24, 2.45) is 0 Å². The van der Waals surface area contributed by atoms with Crippen LogP contribution in [-0.4, -0.2) is 12.5 Å². The SMILES string of the molecule is O=C(Cc1ccc(-c2ccccc2)cc1)NCCCc1ccc(Cl)cc1. The first-order valence-corrected chi connectivity index (χ1v) is 9.24. The lowest BCUT2D eigenvalue weighted by atomic mass is 10.0. The Labute approximate surface area is 159 Å². The number of halogens is 1. The number of benzene rings is 3. The van der Waals surface area contributed by atoms with Crippen LogP contribution in [0.25, 0.3) is 11.1 Å². The molecular weight excluding hydrogens is 342 g/mol. The molecule has 3 rings (SSSR count). The minimum atomic E-state index is 0.0635. The molecule has 0 radical (unpaired) electrons. The van der Waals surface area contributed by atoms with E-state index in [4.69, 9.17) is 11.6 Å². The van der Waals surface area contributed by atoms with Crippen molar-refractivity contribution >= 4 is 17.5 Å². The Morgan fingerprint density at radius 3 is 2.08 bits per heavy atom. The van der Waals surface area contributed by atoms with E-state index >= 15 is 0 Å². The molecule has 0 bridgehead atoms. The van der Waals surface area contributed by atoms with Crippen LogP contribution in [0.1, 0.15) is 17.5 Å². The van der Waals surface area contributed by atoms with E-state index < -0.39 is 0 Å². The first-order valence-electron chi connectivity index (χ1n) is 8.86. The van der Waals surface area contributed by atoms with Crippen molar-refractivity contribution in [1.29, 1.82) is 0 Å². The standard InChI is InChI=1S/C23H22ClNO/c24-22-14-10-18(11-15-22)5-4-16-25-23(26)17-19-8-12-21(13-9-19)20-6-2-1-3-7-20/h1-3,6-15H,4-5,16-17H2,(H,25,26). The Morgan fingerprint density at radius 2 is 1.38 bits per heavy atom. The van der Waals surface area contributed by atoms with Gasteiger partial charge in [0.05, 0.1) is 6.42 Å². The molecule has 1 N–H and O–H groups in total. The number of amides is 1. The Balaban J connectivity index is 1.42. The van der Waals surface area contributed by atoms with E-state index in [-0.39, 0.29) is 5.91 Å². The number of nitrogens with one attached hydrogen (secondary N) is 1. The average molecular weight is 364 g/mol. The maximum absolute atomic E-state index is 12.1. The topological polar surface area (TPSA) is 29.1 Å². The Kier molecular flexibility index (Phi) is 6.45. The zero-order chi connectivity index (χ0) is 18.2. The Morgan fingerprint density at radius 1 is 0.769 bits per heavy atom. The molecule has 0 spiro atoms. The highest BCUT2D eigenvalue weighted by Crippen LogP contribution is 2.19. The van der Waals surface area contributed by atoms with Gasteiger partial charge in [-0.3, -0.25) is 4.79 Å². The summed E-state index contributed by atoms with van der Waals surface area (Å²) in [5.74, 6) is 0.0635. The van der Waals surface area contributed by atoms with Gasteiger partial charge >= 0.3 is 0 Å². The van der Waals surface area contributed by atoms with Gasteiger partial charge in [-0.25, -0.2) is 0 Å². The molecule has 1 amide bonds. The molecule has 0 atom stereocenters. The Hall–Kier alpha value is -2.58. The summed E-state index contributed by atoms with van der Waals surface area (Å²) in [7, 11) is 0. The molecule has 0 unspecified atom stereocenters. The van der Waals surface area contributed by atoms with Crippen LogP contribution in [0.3, 0.4) is 0 Å². The van der Waals surface area contributed by atoms with Crippen LogP contribution in [0.2, 0.25) is 5.02 Å². The summed E-state index contributed by atoms with van der Waals surface area (Å²) >= 11 is 5.88. The van der Waals surface area contributed by atoms with E-state index in [1.807, 2.05) is 54.6 Å². The summed E-state index contributed by atoms with van der Waals surface area (Å²) in [5.41, 5.74) is 4.61. The van der Waals surface area contributed by atoms with Gasteiger partial charge in [-0.05, 0) is 47.2 Å².